The van der Waals surface area contributed by atoms with Gasteiger partial charge in [-0.15, -0.1) is 0 Å². The van der Waals surface area contributed by atoms with Crippen molar-refractivity contribution in [1.29, 1.82) is 0 Å². The van der Waals surface area contributed by atoms with Crippen molar-refractivity contribution in [3.63, 3.8) is 0 Å². The predicted octanol–water partition coefficient (Wildman–Crippen LogP) is 2.92. The summed E-state index contributed by atoms with van der Waals surface area (Å²) in [6.45, 7) is 3.94. The van der Waals surface area contributed by atoms with E-state index in [2.05, 4.69) is 41.5 Å². The lowest BCUT2D eigenvalue weighted by molar-refractivity contribution is -0.670. The molecule has 0 atom stereocenters. The number of hydrogen-bond acceptors (Lipinski definition) is 0. The quantitative estimate of drug-likeness (QED) is 0.675. The van der Waals surface area contributed by atoms with E-state index in [-0.39, 0.29) is 5.82 Å². The van der Waals surface area contributed by atoms with Gasteiger partial charge in [-0.05, 0) is 30.7 Å². The molecular weight excluding hydrogens is 263 g/mol. The normalized spacial score (nSPS) is 11.1. The summed E-state index contributed by atoms with van der Waals surface area (Å²) in [6, 6.07) is 15.2. The smallest absolute Gasteiger partial charge is 0.123 e. The van der Waals surface area contributed by atoms with E-state index in [1.807, 2.05) is 6.07 Å². The van der Waals surface area contributed by atoms with Gasteiger partial charge in [-0.1, -0.05) is 30.3 Å². The molecule has 0 bridgehead atoms. The number of para-hydroxylation sites is 1. The highest BCUT2D eigenvalue weighted by Crippen LogP contribution is 2.21. The molecule has 3 aromatic rings. The summed E-state index contributed by atoms with van der Waals surface area (Å²) in [5, 5.41) is 3.55. The number of nitrogens with one attached hydrogen (secondary N) is 1. The van der Waals surface area contributed by atoms with Crippen LogP contribution in [0.15, 0.2) is 48.5 Å². The van der Waals surface area contributed by atoms with Gasteiger partial charge in [-0.25, -0.2) is 4.39 Å². The molecule has 2 aromatic carbocycles. The van der Waals surface area contributed by atoms with Crippen molar-refractivity contribution in [3.8, 4) is 0 Å². The molecule has 3 heteroatoms. The number of aromatic amines is 1. The Morgan fingerprint density at radius 1 is 1.10 bits per heavy atom. The van der Waals surface area contributed by atoms with Crippen LogP contribution in [0.2, 0.25) is 0 Å². The molecule has 0 aliphatic carbocycles. The Kier molecular flexibility index (Phi) is 4.02. The fourth-order valence-electron chi connectivity index (χ4n) is 2.84. The van der Waals surface area contributed by atoms with Crippen LogP contribution in [0.3, 0.4) is 0 Å². The zero-order valence-corrected chi connectivity index (χ0v) is 12.2. The average Bonchev–Trinajstić information content (AvgIpc) is 2.79. The summed E-state index contributed by atoms with van der Waals surface area (Å²) in [7, 11) is 0. The number of quaternary nitrogens is 1. The van der Waals surface area contributed by atoms with Gasteiger partial charge in [0.2, 0.25) is 0 Å². The van der Waals surface area contributed by atoms with Gasteiger partial charge in [0.05, 0.1) is 6.54 Å². The molecule has 21 heavy (non-hydrogen) atoms. The van der Waals surface area contributed by atoms with E-state index in [4.69, 9.17) is 0 Å². The first-order chi connectivity index (χ1) is 10.2. The van der Waals surface area contributed by atoms with E-state index in [1.165, 1.54) is 28.2 Å². The van der Waals surface area contributed by atoms with Gasteiger partial charge in [-0.2, -0.15) is 0 Å². The van der Waals surface area contributed by atoms with Gasteiger partial charge in [-0.3, -0.25) is 0 Å². The standard InChI is InChI=1S/C18H19FN2/c1-13-16(17-7-2-3-8-18(17)21-13)9-10-20-12-14-5-4-6-15(19)11-14/h2-8,11,20-21H,9-10,12H2,1H3/p+1. The number of benzene rings is 2. The monoisotopic (exact) mass is 283 g/mol. The molecule has 3 N–H and O–H groups in total. The Morgan fingerprint density at radius 2 is 1.95 bits per heavy atom. The fraction of sp³-hybridized carbons (Fsp3) is 0.222. The summed E-state index contributed by atoms with van der Waals surface area (Å²) in [5.41, 5.74) is 4.87. The van der Waals surface area contributed by atoms with Crippen LogP contribution in [0.5, 0.6) is 0 Å². The summed E-state index contributed by atoms with van der Waals surface area (Å²) in [4.78, 5) is 3.43. The van der Waals surface area contributed by atoms with Crippen molar-refractivity contribution < 1.29 is 9.71 Å². The van der Waals surface area contributed by atoms with E-state index in [0.29, 0.717) is 0 Å². The van der Waals surface area contributed by atoms with Gasteiger partial charge in [0, 0.05) is 28.6 Å². The van der Waals surface area contributed by atoms with E-state index in [0.717, 1.165) is 25.1 Å². The first-order valence-electron chi connectivity index (χ1n) is 7.36. The van der Waals surface area contributed by atoms with Crippen molar-refractivity contribution in [2.24, 2.45) is 0 Å². The third-order valence-electron chi connectivity index (χ3n) is 3.89. The molecule has 0 unspecified atom stereocenters. The predicted molar refractivity (Wildman–Crippen MR) is 83.6 cm³/mol. The highest BCUT2D eigenvalue weighted by atomic mass is 19.1. The van der Waals surface area contributed by atoms with Crippen LogP contribution < -0.4 is 5.32 Å². The largest absolute Gasteiger partial charge is 0.358 e. The summed E-state index contributed by atoms with van der Waals surface area (Å²) >= 11 is 0. The Bertz CT molecular complexity index is 746. The minimum absolute atomic E-state index is 0.159. The highest BCUT2D eigenvalue weighted by Gasteiger charge is 2.08. The van der Waals surface area contributed by atoms with E-state index in [9.17, 15) is 4.39 Å². The Balaban J connectivity index is 1.61. The Labute approximate surface area is 124 Å². The topological polar surface area (TPSA) is 32.4 Å². The van der Waals surface area contributed by atoms with E-state index >= 15 is 0 Å². The van der Waals surface area contributed by atoms with Crippen molar-refractivity contribution in [3.05, 3.63) is 71.2 Å². The molecule has 0 radical (unpaired) electrons. The lowest BCUT2D eigenvalue weighted by atomic mass is 10.1. The van der Waals surface area contributed by atoms with Crippen molar-refractivity contribution in [1.82, 2.24) is 4.98 Å². The number of H-pyrrole nitrogens is 1. The fourth-order valence-corrected chi connectivity index (χ4v) is 2.84. The second kappa shape index (κ2) is 6.10. The van der Waals surface area contributed by atoms with Crippen LogP contribution in [-0.4, -0.2) is 11.5 Å². The summed E-state index contributed by atoms with van der Waals surface area (Å²) in [6.07, 6.45) is 1.02. The maximum Gasteiger partial charge on any atom is 0.123 e. The molecule has 1 aromatic heterocycles. The van der Waals surface area contributed by atoms with E-state index in [1.54, 1.807) is 12.1 Å². The molecule has 0 spiro atoms. The molecule has 0 saturated heterocycles. The first kappa shape index (κ1) is 13.8. The van der Waals surface area contributed by atoms with Crippen molar-refractivity contribution in [2.75, 3.05) is 6.54 Å². The number of nitrogens with two attached hydrogens (primary N) is 1. The zero-order chi connectivity index (χ0) is 14.7. The number of aromatic nitrogens is 1. The molecule has 0 aliphatic heterocycles. The molecule has 3 rings (SSSR count). The second-order valence-electron chi connectivity index (χ2n) is 5.44. The van der Waals surface area contributed by atoms with Crippen molar-refractivity contribution >= 4 is 10.9 Å². The SMILES string of the molecule is Cc1[nH]c2ccccc2c1CC[NH2+]Cc1cccc(F)c1. The molecule has 0 saturated carbocycles. The third-order valence-corrected chi connectivity index (χ3v) is 3.89. The second-order valence-corrected chi connectivity index (χ2v) is 5.44. The maximum atomic E-state index is 13.1. The van der Waals surface area contributed by atoms with Crippen molar-refractivity contribution in [2.45, 2.75) is 19.9 Å². The molecule has 1 heterocycles. The van der Waals surface area contributed by atoms with E-state index < -0.39 is 0 Å². The minimum atomic E-state index is -0.159. The number of fused-ring (bicyclic) bond motifs is 1. The summed E-state index contributed by atoms with van der Waals surface area (Å²) in [5.74, 6) is -0.159. The number of rotatable bonds is 5. The van der Waals surface area contributed by atoms with Gasteiger partial charge in [0.25, 0.3) is 0 Å². The minimum Gasteiger partial charge on any atom is -0.358 e. The lowest BCUT2D eigenvalue weighted by Gasteiger charge is -2.03. The maximum absolute atomic E-state index is 13.1. The highest BCUT2D eigenvalue weighted by molar-refractivity contribution is 5.84. The molecule has 0 aliphatic rings. The Hall–Kier alpha value is -2.13. The van der Waals surface area contributed by atoms with Gasteiger partial charge in [0.15, 0.2) is 0 Å². The average molecular weight is 283 g/mol. The molecule has 0 fully saturated rings. The number of aryl methyl sites for hydroxylation is 1. The molecular formula is C18H20FN2+. The first-order valence-corrected chi connectivity index (χ1v) is 7.36. The van der Waals surface area contributed by atoms with Gasteiger partial charge >= 0.3 is 0 Å². The van der Waals surface area contributed by atoms with Crippen LogP contribution in [0.4, 0.5) is 4.39 Å². The van der Waals surface area contributed by atoms with Crippen LogP contribution in [0.25, 0.3) is 10.9 Å². The van der Waals surface area contributed by atoms with Gasteiger partial charge < -0.3 is 10.3 Å². The Morgan fingerprint density at radius 3 is 2.81 bits per heavy atom. The third kappa shape index (κ3) is 3.14. The molecule has 2 nitrogen and oxygen atoms in total. The lowest BCUT2D eigenvalue weighted by Crippen LogP contribution is -2.83. The van der Waals surface area contributed by atoms with Gasteiger partial charge in [0.1, 0.15) is 12.4 Å². The molecule has 0 amide bonds. The van der Waals surface area contributed by atoms with Crippen LogP contribution >= 0.6 is 0 Å². The zero-order valence-electron chi connectivity index (χ0n) is 12.2. The number of hydrogen-bond donors (Lipinski definition) is 2. The van der Waals surface area contributed by atoms with Crippen LogP contribution in [0.1, 0.15) is 16.8 Å². The molecule has 108 valence electrons. The van der Waals surface area contributed by atoms with Crippen LogP contribution in [0, 0.1) is 12.7 Å². The van der Waals surface area contributed by atoms with Crippen LogP contribution in [-0.2, 0) is 13.0 Å². The summed E-state index contributed by atoms with van der Waals surface area (Å²) < 4.78 is 13.1. The number of halogens is 1.